The van der Waals surface area contributed by atoms with Crippen molar-refractivity contribution in [2.24, 2.45) is 5.92 Å². The van der Waals surface area contributed by atoms with Crippen LogP contribution in [0.25, 0.3) is 5.57 Å². The highest BCUT2D eigenvalue weighted by Crippen LogP contribution is 2.45. The molecule has 0 spiro atoms. The minimum atomic E-state index is 0.0888. The molecule has 1 fully saturated rings. The van der Waals surface area contributed by atoms with Gasteiger partial charge in [0.25, 0.3) is 0 Å². The van der Waals surface area contributed by atoms with Crippen molar-refractivity contribution in [3.05, 3.63) is 56.4 Å². The summed E-state index contributed by atoms with van der Waals surface area (Å²) >= 11 is 8.01. The second kappa shape index (κ2) is 8.98. The molecule has 3 aliphatic heterocycles. The molecule has 1 aromatic carbocycles. The molecule has 5 heteroatoms. The minimum Gasteiger partial charge on any atom is -0.391 e. The van der Waals surface area contributed by atoms with Gasteiger partial charge in [-0.05, 0) is 60.4 Å². The van der Waals surface area contributed by atoms with Crippen LogP contribution in [0, 0.1) is 5.92 Å². The number of aliphatic hydroxyl groups excluding tert-OH is 1. The van der Waals surface area contributed by atoms with Crippen molar-refractivity contribution < 1.29 is 5.11 Å². The third-order valence-corrected chi connectivity index (χ3v) is 7.31. The Bertz CT molecular complexity index is 824. The predicted molar refractivity (Wildman–Crippen MR) is 122 cm³/mol. The van der Waals surface area contributed by atoms with Gasteiger partial charge in [0, 0.05) is 32.6 Å². The summed E-state index contributed by atoms with van der Waals surface area (Å²) in [5, 5.41) is 17.1. The van der Waals surface area contributed by atoms with Crippen LogP contribution in [0.15, 0.2) is 40.3 Å². The molecular weight excluding hydrogens is 388 g/mol. The Hall–Kier alpha value is -1.36. The standard InChI is InChI=1S/C17H17ClN2OS.C6H12/c18-11-6-10-2-1-4-20-16(10)14(7-11)13-3-5-19-15-8-12(9-21)22-17(13)15;1-6-4-2-3-5-6/h3,5-8,15,19-21H,1-2,4,9H2;6H,2-5H2,1H3. The van der Waals surface area contributed by atoms with Crippen molar-refractivity contribution in [3.63, 3.8) is 0 Å². The lowest BCUT2D eigenvalue weighted by Gasteiger charge is -2.26. The molecule has 1 aromatic rings. The molecule has 3 heterocycles. The predicted octanol–water partition coefficient (Wildman–Crippen LogP) is 5.71. The Morgan fingerprint density at radius 1 is 1.21 bits per heavy atom. The Labute approximate surface area is 177 Å². The second-order valence-electron chi connectivity index (χ2n) is 8.06. The zero-order valence-electron chi connectivity index (χ0n) is 16.4. The Morgan fingerprint density at radius 3 is 2.75 bits per heavy atom. The summed E-state index contributed by atoms with van der Waals surface area (Å²) in [6, 6.07) is 4.27. The molecule has 0 amide bonds. The number of fused-ring (bicyclic) bond motifs is 2. The number of rotatable bonds is 2. The van der Waals surface area contributed by atoms with Crippen LogP contribution in [0.2, 0.25) is 5.02 Å². The van der Waals surface area contributed by atoms with Gasteiger partial charge in [-0.25, -0.2) is 0 Å². The van der Waals surface area contributed by atoms with Crippen LogP contribution >= 0.6 is 23.4 Å². The molecule has 1 saturated carbocycles. The van der Waals surface area contributed by atoms with E-state index in [1.807, 2.05) is 12.3 Å². The van der Waals surface area contributed by atoms with Crippen molar-refractivity contribution in [1.82, 2.24) is 5.32 Å². The molecule has 1 atom stereocenters. The number of thioether (sulfide) groups is 1. The van der Waals surface area contributed by atoms with E-state index >= 15 is 0 Å². The average Bonchev–Trinajstić information content (AvgIpc) is 3.36. The molecule has 0 radical (unpaired) electrons. The molecule has 3 nitrogen and oxygen atoms in total. The quantitative estimate of drug-likeness (QED) is 0.577. The monoisotopic (exact) mass is 416 g/mol. The summed E-state index contributed by atoms with van der Waals surface area (Å²) in [4.78, 5) is 2.24. The average molecular weight is 417 g/mol. The molecular formula is C23H29ClN2OS. The van der Waals surface area contributed by atoms with E-state index in [1.54, 1.807) is 11.8 Å². The lowest BCUT2D eigenvalue weighted by Crippen LogP contribution is -2.24. The van der Waals surface area contributed by atoms with E-state index in [4.69, 9.17) is 11.6 Å². The van der Waals surface area contributed by atoms with Crippen LogP contribution in [0.1, 0.15) is 50.2 Å². The fourth-order valence-electron chi connectivity index (χ4n) is 4.38. The molecule has 4 aliphatic rings. The summed E-state index contributed by atoms with van der Waals surface area (Å²) in [5.41, 5.74) is 4.87. The van der Waals surface area contributed by atoms with Gasteiger partial charge in [-0.1, -0.05) is 56.0 Å². The number of allylic oxidation sites excluding steroid dienone is 2. The van der Waals surface area contributed by atoms with Crippen molar-refractivity contribution in [2.75, 3.05) is 18.5 Å². The molecule has 28 heavy (non-hydrogen) atoms. The molecule has 5 rings (SSSR count). The fraction of sp³-hybridized carbons (Fsp3) is 0.478. The van der Waals surface area contributed by atoms with Crippen LogP contribution in [-0.2, 0) is 6.42 Å². The third kappa shape index (κ3) is 4.29. The van der Waals surface area contributed by atoms with Gasteiger partial charge < -0.3 is 15.7 Å². The Balaban J connectivity index is 0.000000275. The van der Waals surface area contributed by atoms with Crippen LogP contribution in [0.5, 0.6) is 0 Å². The molecule has 1 unspecified atom stereocenters. The molecule has 0 bridgehead atoms. The minimum absolute atomic E-state index is 0.0888. The summed E-state index contributed by atoms with van der Waals surface area (Å²) < 4.78 is 0. The number of hydrogen-bond donors (Lipinski definition) is 3. The maximum absolute atomic E-state index is 9.41. The van der Waals surface area contributed by atoms with Gasteiger partial charge in [0.1, 0.15) is 0 Å². The highest BCUT2D eigenvalue weighted by Gasteiger charge is 2.28. The number of halogens is 1. The van der Waals surface area contributed by atoms with Crippen molar-refractivity contribution >= 4 is 34.6 Å². The molecule has 150 valence electrons. The van der Waals surface area contributed by atoms with E-state index in [0.717, 1.165) is 35.2 Å². The van der Waals surface area contributed by atoms with E-state index in [1.165, 1.54) is 53.0 Å². The number of nitrogens with one attached hydrogen (secondary N) is 2. The highest BCUT2D eigenvalue weighted by atomic mass is 35.5. The maximum atomic E-state index is 9.41. The van der Waals surface area contributed by atoms with Gasteiger partial charge in [0.15, 0.2) is 0 Å². The summed E-state index contributed by atoms with van der Waals surface area (Å²) in [6.07, 6.45) is 14.3. The van der Waals surface area contributed by atoms with Crippen LogP contribution in [-0.4, -0.2) is 24.3 Å². The number of dihydropyridines is 1. The number of hydrogen-bond acceptors (Lipinski definition) is 4. The van der Waals surface area contributed by atoms with E-state index < -0.39 is 0 Å². The number of aryl methyl sites for hydroxylation is 1. The first kappa shape index (κ1) is 19.9. The SMILES string of the molecule is CC1CCCC1.OCC1=CC2NC=CC(c3cc(Cl)cc4c3NCCC4)=C2S1. The Morgan fingerprint density at radius 2 is 2.04 bits per heavy atom. The molecule has 0 aromatic heterocycles. The Kier molecular flexibility index (Phi) is 6.39. The van der Waals surface area contributed by atoms with Gasteiger partial charge in [-0.2, -0.15) is 0 Å². The first-order valence-electron chi connectivity index (χ1n) is 10.4. The third-order valence-electron chi connectivity index (χ3n) is 5.87. The summed E-state index contributed by atoms with van der Waals surface area (Å²) in [5.74, 6) is 1.05. The van der Waals surface area contributed by atoms with E-state index in [9.17, 15) is 5.11 Å². The van der Waals surface area contributed by atoms with E-state index in [-0.39, 0.29) is 12.6 Å². The number of aliphatic hydroxyl groups is 1. The summed E-state index contributed by atoms with van der Waals surface area (Å²) in [7, 11) is 0. The fourth-order valence-corrected chi connectivity index (χ4v) is 5.72. The maximum Gasteiger partial charge on any atom is 0.0773 e. The van der Waals surface area contributed by atoms with Crippen LogP contribution < -0.4 is 10.6 Å². The number of anilines is 1. The van der Waals surface area contributed by atoms with Gasteiger partial charge >= 0.3 is 0 Å². The smallest absolute Gasteiger partial charge is 0.0773 e. The van der Waals surface area contributed by atoms with Crippen molar-refractivity contribution in [2.45, 2.75) is 51.5 Å². The van der Waals surface area contributed by atoms with Gasteiger partial charge in [0.2, 0.25) is 0 Å². The topological polar surface area (TPSA) is 44.3 Å². The molecule has 3 N–H and O–H groups in total. The first-order valence-corrected chi connectivity index (χ1v) is 11.6. The van der Waals surface area contributed by atoms with Crippen molar-refractivity contribution in [1.29, 1.82) is 0 Å². The lowest BCUT2D eigenvalue weighted by atomic mass is 9.93. The van der Waals surface area contributed by atoms with Crippen LogP contribution in [0.3, 0.4) is 0 Å². The largest absolute Gasteiger partial charge is 0.391 e. The van der Waals surface area contributed by atoms with Gasteiger partial charge in [0.05, 0.1) is 12.6 Å². The summed E-state index contributed by atoms with van der Waals surface area (Å²) in [6.45, 7) is 3.43. The number of benzene rings is 1. The second-order valence-corrected chi connectivity index (χ2v) is 9.66. The van der Waals surface area contributed by atoms with Crippen LogP contribution in [0.4, 0.5) is 5.69 Å². The van der Waals surface area contributed by atoms with Gasteiger partial charge in [-0.15, -0.1) is 0 Å². The van der Waals surface area contributed by atoms with Crippen molar-refractivity contribution in [3.8, 4) is 0 Å². The molecule has 0 saturated heterocycles. The first-order chi connectivity index (χ1) is 13.7. The normalized spacial score (nSPS) is 23.2. The molecule has 1 aliphatic carbocycles. The van der Waals surface area contributed by atoms with Gasteiger partial charge in [-0.3, -0.25) is 0 Å². The van der Waals surface area contributed by atoms with E-state index in [2.05, 4.69) is 35.8 Å². The van der Waals surface area contributed by atoms with E-state index in [0.29, 0.717) is 0 Å². The lowest BCUT2D eigenvalue weighted by molar-refractivity contribution is 0.339. The zero-order chi connectivity index (χ0) is 19.5. The zero-order valence-corrected chi connectivity index (χ0v) is 18.0. The highest BCUT2D eigenvalue weighted by molar-refractivity contribution is 8.07.